The number of benzene rings is 2. The molecule has 150 valence electrons. The molecule has 0 fully saturated rings. The van der Waals surface area contributed by atoms with Crippen molar-refractivity contribution >= 4 is 23.9 Å². The highest BCUT2D eigenvalue weighted by molar-refractivity contribution is 5.85. The number of amides is 2. The monoisotopic (exact) mass is 392 g/mol. The Bertz CT molecular complexity index is 939. The molecule has 1 N–H and O–H groups in total. The summed E-state index contributed by atoms with van der Waals surface area (Å²) in [5.41, 5.74) is 2.67. The molecule has 2 unspecified atom stereocenters. The third-order valence-corrected chi connectivity index (χ3v) is 5.25. The first kappa shape index (κ1) is 20.3. The minimum Gasteiger partial charge on any atom is -0.480 e. The SMILES string of the molecule is CC(=O)N1C=Cc2ccccc2C1CC(=O)N(C)C(Cc1ccccc1)C(=O)O. The predicted octanol–water partition coefficient (Wildman–Crippen LogP) is 3.10. The van der Waals surface area contributed by atoms with E-state index in [1.54, 1.807) is 6.20 Å². The lowest BCUT2D eigenvalue weighted by atomic mass is 9.93. The summed E-state index contributed by atoms with van der Waals surface area (Å²) < 4.78 is 0. The number of likely N-dealkylation sites (N-methyl/N-ethyl adjacent to an activating group) is 1. The summed E-state index contributed by atoms with van der Waals surface area (Å²) in [6, 6.07) is 15.4. The molecule has 0 radical (unpaired) electrons. The predicted molar refractivity (Wildman–Crippen MR) is 110 cm³/mol. The third-order valence-electron chi connectivity index (χ3n) is 5.25. The van der Waals surface area contributed by atoms with Crippen molar-refractivity contribution in [2.75, 3.05) is 7.05 Å². The van der Waals surface area contributed by atoms with E-state index in [9.17, 15) is 19.5 Å². The van der Waals surface area contributed by atoms with Gasteiger partial charge in [0.05, 0.1) is 12.5 Å². The van der Waals surface area contributed by atoms with Gasteiger partial charge in [-0.15, -0.1) is 0 Å². The van der Waals surface area contributed by atoms with E-state index in [0.29, 0.717) is 0 Å². The number of fused-ring (bicyclic) bond motifs is 1. The van der Waals surface area contributed by atoms with Crippen molar-refractivity contribution < 1.29 is 19.5 Å². The molecule has 2 amide bonds. The van der Waals surface area contributed by atoms with E-state index in [-0.39, 0.29) is 24.7 Å². The molecule has 1 aliphatic rings. The van der Waals surface area contributed by atoms with E-state index in [2.05, 4.69) is 0 Å². The molecule has 6 heteroatoms. The van der Waals surface area contributed by atoms with Gasteiger partial charge in [-0.05, 0) is 22.8 Å². The highest BCUT2D eigenvalue weighted by Gasteiger charge is 2.32. The summed E-state index contributed by atoms with van der Waals surface area (Å²) in [6.45, 7) is 1.45. The van der Waals surface area contributed by atoms with E-state index in [1.165, 1.54) is 23.8 Å². The van der Waals surface area contributed by atoms with Crippen molar-refractivity contribution in [2.24, 2.45) is 0 Å². The van der Waals surface area contributed by atoms with E-state index in [0.717, 1.165) is 16.7 Å². The van der Waals surface area contributed by atoms with Crippen LogP contribution in [0, 0.1) is 0 Å². The summed E-state index contributed by atoms with van der Waals surface area (Å²) in [5.74, 6) is -1.55. The number of rotatable bonds is 6. The normalized spacial score (nSPS) is 16.1. The van der Waals surface area contributed by atoms with Crippen molar-refractivity contribution in [3.63, 3.8) is 0 Å². The number of hydrogen-bond donors (Lipinski definition) is 1. The van der Waals surface area contributed by atoms with E-state index >= 15 is 0 Å². The van der Waals surface area contributed by atoms with Gasteiger partial charge in [0.2, 0.25) is 11.8 Å². The lowest BCUT2D eigenvalue weighted by Gasteiger charge is -2.34. The zero-order valence-electron chi connectivity index (χ0n) is 16.5. The maximum absolute atomic E-state index is 13.0. The summed E-state index contributed by atoms with van der Waals surface area (Å²) in [4.78, 5) is 39.8. The molecular weight excluding hydrogens is 368 g/mol. The van der Waals surface area contributed by atoms with Crippen molar-refractivity contribution in [3.8, 4) is 0 Å². The zero-order valence-corrected chi connectivity index (χ0v) is 16.5. The first-order valence-corrected chi connectivity index (χ1v) is 9.47. The minimum absolute atomic E-state index is 0.00992. The topological polar surface area (TPSA) is 77.9 Å². The van der Waals surface area contributed by atoms with Gasteiger partial charge < -0.3 is 14.9 Å². The number of aliphatic carboxylic acids is 1. The van der Waals surface area contributed by atoms with Crippen LogP contribution in [0.15, 0.2) is 60.8 Å². The maximum Gasteiger partial charge on any atom is 0.326 e. The molecule has 0 saturated heterocycles. The van der Waals surface area contributed by atoms with Crippen molar-refractivity contribution in [1.82, 2.24) is 9.80 Å². The maximum atomic E-state index is 13.0. The first-order valence-electron chi connectivity index (χ1n) is 9.47. The van der Waals surface area contributed by atoms with Crippen LogP contribution in [0.25, 0.3) is 6.08 Å². The van der Waals surface area contributed by atoms with Crippen LogP contribution >= 0.6 is 0 Å². The number of carbonyl (C=O) groups excluding carboxylic acids is 2. The van der Waals surface area contributed by atoms with Gasteiger partial charge in [0.25, 0.3) is 0 Å². The fourth-order valence-corrected chi connectivity index (χ4v) is 3.62. The zero-order chi connectivity index (χ0) is 21.0. The van der Waals surface area contributed by atoms with Gasteiger partial charge in [-0.3, -0.25) is 9.59 Å². The lowest BCUT2D eigenvalue weighted by molar-refractivity contribution is -0.149. The molecule has 0 aliphatic carbocycles. The van der Waals surface area contributed by atoms with Crippen LogP contribution in [0.3, 0.4) is 0 Å². The number of hydrogen-bond acceptors (Lipinski definition) is 3. The van der Waals surface area contributed by atoms with Crippen LogP contribution in [-0.2, 0) is 20.8 Å². The lowest BCUT2D eigenvalue weighted by Crippen LogP contribution is -2.45. The quantitative estimate of drug-likeness (QED) is 0.819. The Morgan fingerprint density at radius 2 is 1.72 bits per heavy atom. The van der Waals surface area contributed by atoms with Gasteiger partial charge in [-0.1, -0.05) is 54.6 Å². The van der Waals surface area contributed by atoms with Crippen LogP contribution in [0.5, 0.6) is 0 Å². The Morgan fingerprint density at radius 1 is 1.07 bits per heavy atom. The van der Waals surface area contributed by atoms with Gasteiger partial charge >= 0.3 is 5.97 Å². The Labute approximate surface area is 170 Å². The first-order chi connectivity index (χ1) is 13.9. The number of nitrogens with zero attached hydrogens (tertiary/aromatic N) is 2. The molecule has 0 bridgehead atoms. The second-order valence-electron chi connectivity index (χ2n) is 7.14. The Morgan fingerprint density at radius 3 is 2.38 bits per heavy atom. The summed E-state index contributed by atoms with van der Waals surface area (Å²) >= 11 is 0. The highest BCUT2D eigenvalue weighted by Crippen LogP contribution is 2.33. The average Bonchev–Trinajstić information content (AvgIpc) is 2.72. The standard InChI is InChI=1S/C23H24N2O4/c1-16(26)25-13-12-18-10-6-7-11-19(18)20(25)15-22(27)24(2)21(23(28)29)14-17-8-4-3-5-9-17/h3-13,20-21H,14-15H2,1-2H3,(H,28,29). The fourth-order valence-electron chi connectivity index (χ4n) is 3.62. The van der Waals surface area contributed by atoms with Crippen LogP contribution in [-0.4, -0.2) is 45.8 Å². The Kier molecular flexibility index (Phi) is 6.12. The van der Waals surface area contributed by atoms with E-state index in [1.807, 2.05) is 60.7 Å². The molecule has 0 saturated carbocycles. The molecule has 2 aromatic rings. The molecule has 2 atom stereocenters. The molecule has 29 heavy (non-hydrogen) atoms. The van der Waals surface area contributed by atoms with Crippen LogP contribution in [0.4, 0.5) is 0 Å². The van der Waals surface area contributed by atoms with Gasteiger partial charge in [0.15, 0.2) is 0 Å². The summed E-state index contributed by atoms with van der Waals surface area (Å²) in [7, 11) is 1.51. The minimum atomic E-state index is -1.06. The second-order valence-corrected chi connectivity index (χ2v) is 7.14. The van der Waals surface area contributed by atoms with Crippen molar-refractivity contribution in [1.29, 1.82) is 0 Å². The Hall–Kier alpha value is -3.41. The van der Waals surface area contributed by atoms with Gasteiger partial charge in [0, 0.05) is 26.6 Å². The van der Waals surface area contributed by atoms with Gasteiger partial charge in [-0.2, -0.15) is 0 Å². The number of carboxylic acids is 1. The third kappa shape index (κ3) is 4.54. The Balaban J connectivity index is 1.82. The van der Waals surface area contributed by atoms with Crippen LogP contribution in [0.2, 0.25) is 0 Å². The fraction of sp³-hybridized carbons (Fsp3) is 0.261. The molecule has 0 aromatic heterocycles. The second kappa shape index (κ2) is 8.73. The molecular formula is C23H24N2O4. The van der Waals surface area contributed by atoms with Crippen LogP contribution in [0.1, 0.15) is 36.1 Å². The molecule has 0 spiro atoms. The summed E-state index contributed by atoms with van der Waals surface area (Å²) in [5, 5.41) is 9.69. The van der Waals surface area contributed by atoms with E-state index in [4.69, 9.17) is 0 Å². The molecule has 3 rings (SSSR count). The average molecular weight is 392 g/mol. The summed E-state index contributed by atoms with van der Waals surface area (Å²) in [6.07, 6.45) is 3.75. The van der Waals surface area contributed by atoms with Crippen molar-refractivity contribution in [3.05, 3.63) is 77.5 Å². The van der Waals surface area contributed by atoms with Crippen molar-refractivity contribution in [2.45, 2.75) is 31.8 Å². The molecule has 1 aliphatic heterocycles. The van der Waals surface area contributed by atoms with Gasteiger partial charge in [-0.25, -0.2) is 4.79 Å². The number of carbonyl (C=O) groups is 3. The molecule has 6 nitrogen and oxygen atoms in total. The molecule has 2 aromatic carbocycles. The van der Waals surface area contributed by atoms with E-state index < -0.39 is 18.1 Å². The largest absolute Gasteiger partial charge is 0.480 e. The highest BCUT2D eigenvalue weighted by atomic mass is 16.4. The van der Waals surface area contributed by atoms with Crippen LogP contribution < -0.4 is 0 Å². The number of carboxylic acid groups (broad SMARTS) is 1. The smallest absolute Gasteiger partial charge is 0.326 e. The molecule has 1 heterocycles. The van der Waals surface area contributed by atoms with Gasteiger partial charge in [0.1, 0.15) is 6.04 Å².